The van der Waals surface area contributed by atoms with E-state index in [1.165, 1.54) is 69.0 Å². The minimum Gasteiger partial charge on any atom is -0.207 e. The van der Waals surface area contributed by atoms with E-state index < -0.39 is 8.80 Å². The molecular formula is C21H33FSi. The van der Waals surface area contributed by atoms with Crippen molar-refractivity contribution in [1.29, 1.82) is 0 Å². The summed E-state index contributed by atoms with van der Waals surface area (Å²) in [7, 11) is -0.466. The molecule has 0 nitrogen and oxygen atoms in total. The third kappa shape index (κ3) is 4.92. The van der Waals surface area contributed by atoms with Crippen molar-refractivity contribution in [3.05, 3.63) is 35.6 Å². The Morgan fingerprint density at radius 1 is 0.913 bits per heavy atom. The maximum atomic E-state index is 13.0. The molecule has 1 aromatic rings. The lowest BCUT2D eigenvalue weighted by atomic mass is 9.80. The number of halogens is 1. The average Bonchev–Trinajstić information content (AvgIpc) is 2.61. The van der Waals surface area contributed by atoms with Crippen LogP contribution in [0.1, 0.15) is 69.8 Å². The molecule has 1 aliphatic carbocycles. The van der Waals surface area contributed by atoms with Crippen molar-refractivity contribution >= 4 is 8.80 Å². The molecule has 0 bridgehead atoms. The molecule has 128 valence electrons. The van der Waals surface area contributed by atoms with Crippen LogP contribution in [0, 0.1) is 17.7 Å². The van der Waals surface area contributed by atoms with Gasteiger partial charge in [-0.1, -0.05) is 75.7 Å². The maximum Gasteiger partial charge on any atom is 0.123 e. The lowest BCUT2D eigenvalue weighted by Gasteiger charge is -2.31. The number of benzene rings is 1. The molecule has 23 heavy (non-hydrogen) atoms. The highest BCUT2D eigenvalue weighted by molar-refractivity contribution is 6.59. The Morgan fingerprint density at radius 3 is 2.13 bits per heavy atom. The molecule has 1 heterocycles. The number of hydrogen-bond donors (Lipinski definition) is 0. The summed E-state index contributed by atoms with van der Waals surface area (Å²) in [6, 6.07) is 11.9. The van der Waals surface area contributed by atoms with Crippen LogP contribution in [0.2, 0.25) is 18.1 Å². The lowest BCUT2D eigenvalue weighted by Crippen LogP contribution is -2.22. The van der Waals surface area contributed by atoms with Gasteiger partial charge in [-0.05, 0) is 48.3 Å². The fourth-order valence-corrected chi connectivity index (χ4v) is 8.48. The van der Waals surface area contributed by atoms with Crippen molar-refractivity contribution in [2.45, 2.75) is 82.3 Å². The van der Waals surface area contributed by atoms with E-state index in [1.54, 1.807) is 18.2 Å². The van der Waals surface area contributed by atoms with E-state index in [0.717, 1.165) is 11.8 Å². The van der Waals surface area contributed by atoms with Gasteiger partial charge in [-0.25, -0.2) is 4.39 Å². The molecule has 2 fully saturated rings. The third-order valence-electron chi connectivity index (χ3n) is 6.72. The van der Waals surface area contributed by atoms with Gasteiger partial charge in [-0.3, -0.25) is 0 Å². The molecule has 2 heteroatoms. The van der Waals surface area contributed by atoms with Crippen molar-refractivity contribution < 1.29 is 4.39 Å². The first-order valence-corrected chi connectivity index (χ1v) is 12.4. The molecule has 1 saturated carbocycles. The minimum atomic E-state index is -0.466. The van der Waals surface area contributed by atoms with Crippen molar-refractivity contribution in [2.24, 2.45) is 11.8 Å². The zero-order chi connectivity index (χ0) is 16.1. The lowest BCUT2D eigenvalue weighted by molar-refractivity contribution is 0.264. The largest absolute Gasteiger partial charge is 0.207 e. The molecular weight excluding hydrogens is 299 g/mol. The Labute approximate surface area is 143 Å². The topological polar surface area (TPSA) is 0 Å². The van der Waals surface area contributed by atoms with E-state index in [4.69, 9.17) is 0 Å². The van der Waals surface area contributed by atoms with Gasteiger partial charge in [0.2, 0.25) is 0 Å². The minimum absolute atomic E-state index is 0.102. The van der Waals surface area contributed by atoms with Gasteiger partial charge in [0.1, 0.15) is 5.82 Å². The monoisotopic (exact) mass is 332 g/mol. The van der Waals surface area contributed by atoms with Crippen LogP contribution in [0.25, 0.3) is 0 Å². The number of hydrogen-bond acceptors (Lipinski definition) is 0. The summed E-state index contributed by atoms with van der Waals surface area (Å²) in [4.78, 5) is 0. The van der Waals surface area contributed by atoms with Gasteiger partial charge in [0.15, 0.2) is 0 Å². The van der Waals surface area contributed by atoms with Gasteiger partial charge in [-0.15, -0.1) is 0 Å². The Hall–Kier alpha value is -0.633. The summed E-state index contributed by atoms with van der Waals surface area (Å²) < 4.78 is 13.0. The van der Waals surface area contributed by atoms with E-state index in [-0.39, 0.29) is 5.82 Å². The Bertz CT molecular complexity index is 453. The van der Waals surface area contributed by atoms with Gasteiger partial charge in [0.05, 0.1) is 0 Å². The molecule has 0 radical (unpaired) electrons. The summed E-state index contributed by atoms with van der Waals surface area (Å²) in [6.07, 6.45) is 11.7. The van der Waals surface area contributed by atoms with E-state index >= 15 is 0 Å². The highest BCUT2D eigenvalue weighted by atomic mass is 28.3. The summed E-state index contributed by atoms with van der Waals surface area (Å²) >= 11 is 0. The molecule has 1 aromatic carbocycles. The second-order valence-corrected chi connectivity index (χ2v) is 11.6. The van der Waals surface area contributed by atoms with Crippen LogP contribution in [-0.4, -0.2) is 8.80 Å². The molecule has 0 atom stereocenters. The standard InChI is InChI=1S/C21H33FSi/c1-2-17-3-5-18(6-4-17)11-14-23-15-12-20(13-16-23)19-7-9-21(22)10-8-19/h7-10,17-18,20,23H,2-6,11-16H2,1H3/t17-,18-,20-,23-. The van der Waals surface area contributed by atoms with Gasteiger partial charge in [0.25, 0.3) is 0 Å². The van der Waals surface area contributed by atoms with Crippen LogP contribution < -0.4 is 0 Å². The van der Waals surface area contributed by atoms with E-state index in [9.17, 15) is 4.39 Å². The molecule has 0 spiro atoms. The summed E-state index contributed by atoms with van der Waals surface area (Å²) in [5.41, 5.74) is 1.37. The second kappa shape index (κ2) is 8.46. The molecule has 1 aliphatic heterocycles. The van der Waals surface area contributed by atoms with Gasteiger partial charge in [-0.2, -0.15) is 0 Å². The molecule has 0 amide bonds. The molecule has 0 aromatic heterocycles. The van der Waals surface area contributed by atoms with E-state index in [1.807, 2.05) is 12.1 Å². The molecule has 3 rings (SSSR count). The Balaban J connectivity index is 1.37. The fraction of sp³-hybridized carbons (Fsp3) is 0.714. The third-order valence-corrected chi connectivity index (χ3v) is 10.2. The van der Waals surface area contributed by atoms with Crippen molar-refractivity contribution in [2.75, 3.05) is 0 Å². The number of rotatable bonds is 5. The van der Waals surface area contributed by atoms with Crippen molar-refractivity contribution in [3.8, 4) is 0 Å². The summed E-state index contributed by atoms with van der Waals surface area (Å²) in [5, 5.41) is 0. The van der Waals surface area contributed by atoms with Crippen LogP contribution >= 0.6 is 0 Å². The normalized spacial score (nSPS) is 31.9. The van der Waals surface area contributed by atoms with Crippen molar-refractivity contribution in [3.63, 3.8) is 0 Å². The molecule has 0 unspecified atom stereocenters. The van der Waals surface area contributed by atoms with Crippen LogP contribution in [-0.2, 0) is 0 Å². The molecule has 0 N–H and O–H groups in total. The highest BCUT2D eigenvalue weighted by Crippen LogP contribution is 2.37. The molecule has 2 aliphatic rings. The SMILES string of the molecule is CC[C@H]1CC[C@H](CC[Si@H]2CC[C@H](c3ccc(F)cc3)CC2)CC1. The van der Waals surface area contributed by atoms with E-state index in [0.29, 0.717) is 5.92 Å². The molecule has 1 saturated heterocycles. The first-order valence-electron chi connectivity index (χ1n) is 10.00. The zero-order valence-electron chi connectivity index (χ0n) is 14.8. The Kier molecular flexibility index (Phi) is 6.33. The van der Waals surface area contributed by atoms with Crippen LogP contribution in [0.15, 0.2) is 24.3 Å². The van der Waals surface area contributed by atoms with Crippen LogP contribution in [0.5, 0.6) is 0 Å². The summed E-state index contributed by atoms with van der Waals surface area (Å²) in [5.74, 6) is 2.70. The van der Waals surface area contributed by atoms with Crippen molar-refractivity contribution in [1.82, 2.24) is 0 Å². The predicted molar refractivity (Wildman–Crippen MR) is 100 cm³/mol. The van der Waals surface area contributed by atoms with Gasteiger partial charge in [0, 0.05) is 8.80 Å². The van der Waals surface area contributed by atoms with Gasteiger partial charge < -0.3 is 0 Å². The fourth-order valence-electron chi connectivity index (χ4n) is 4.92. The first kappa shape index (κ1) is 17.2. The smallest absolute Gasteiger partial charge is 0.123 e. The van der Waals surface area contributed by atoms with Crippen LogP contribution in [0.4, 0.5) is 4.39 Å². The quantitative estimate of drug-likeness (QED) is 0.537. The zero-order valence-corrected chi connectivity index (χ0v) is 15.9. The predicted octanol–water partition coefficient (Wildman–Crippen LogP) is 6.54. The Morgan fingerprint density at radius 2 is 1.52 bits per heavy atom. The van der Waals surface area contributed by atoms with E-state index in [2.05, 4.69) is 6.92 Å². The first-order chi connectivity index (χ1) is 11.2. The second-order valence-electron chi connectivity index (χ2n) is 8.14. The average molecular weight is 333 g/mol. The van der Waals surface area contributed by atoms with Gasteiger partial charge >= 0.3 is 0 Å². The maximum absolute atomic E-state index is 13.0. The van der Waals surface area contributed by atoms with Crippen LogP contribution in [0.3, 0.4) is 0 Å². The summed E-state index contributed by atoms with van der Waals surface area (Å²) in [6.45, 7) is 2.36. The highest BCUT2D eigenvalue weighted by Gasteiger charge is 2.25.